The lowest BCUT2D eigenvalue weighted by molar-refractivity contribution is -0.148. The molecule has 1 aromatic heterocycles. The van der Waals surface area contributed by atoms with Gasteiger partial charge in [0.1, 0.15) is 0 Å². The van der Waals surface area contributed by atoms with E-state index in [1.54, 1.807) is 4.57 Å². The molecular formula is C19H25N3O6S. The maximum atomic E-state index is 12.7. The number of hydrogen-bond donors (Lipinski definition) is 1. The number of nitrogens with zero attached hydrogens (tertiary/aromatic N) is 2. The van der Waals surface area contributed by atoms with E-state index < -0.39 is 34.4 Å². The van der Waals surface area contributed by atoms with Crippen molar-refractivity contribution in [3.63, 3.8) is 0 Å². The van der Waals surface area contributed by atoms with Crippen molar-refractivity contribution in [1.29, 1.82) is 0 Å². The van der Waals surface area contributed by atoms with Gasteiger partial charge in [0.25, 0.3) is 5.91 Å². The Morgan fingerprint density at radius 1 is 1.17 bits per heavy atom. The van der Waals surface area contributed by atoms with Crippen LogP contribution in [0.2, 0.25) is 0 Å². The predicted molar refractivity (Wildman–Crippen MR) is 107 cm³/mol. The Kier molecular flexibility index (Phi) is 6.41. The van der Waals surface area contributed by atoms with Gasteiger partial charge in [0, 0.05) is 19.1 Å². The van der Waals surface area contributed by atoms with E-state index >= 15 is 0 Å². The van der Waals surface area contributed by atoms with Crippen molar-refractivity contribution in [2.45, 2.75) is 45.3 Å². The summed E-state index contributed by atoms with van der Waals surface area (Å²) >= 11 is 0. The van der Waals surface area contributed by atoms with E-state index in [0.29, 0.717) is 13.0 Å². The van der Waals surface area contributed by atoms with Crippen LogP contribution in [0.4, 0.5) is 0 Å². The monoisotopic (exact) mass is 423 g/mol. The van der Waals surface area contributed by atoms with Gasteiger partial charge in [0.15, 0.2) is 16.4 Å². The van der Waals surface area contributed by atoms with E-state index in [9.17, 15) is 22.8 Å². The van der Waals surface area contributed by atoms with Gasteiger partial charge < -0.3 is 10.1 Å². The molecule has 0 bridgehead atoms. The van der Waals surface area contributed by atoms with E-state index in [0.717, 1.165) is 17.5 Å². The molecule has 1 fully saturated rings. The summed E-state index contributed by atoms with van der Waals surface area (Å²) in [4.78, 5) is 36.5. The van der Waals surface area contributed by atoms with Crippen LogP contribution in [0.15, 0.2) is 29.1 Å². The molecule has 0 saturated carbocycles. The van der Waals surface area contributed by atoms with Crippen LogP contribution < -0.4 is 11.0 Å². The number of ether oxygens (including phenoxy) is 1. The van der Waals surface area contributed by atoms with Crippen molar-refractivity contribution in [2.75, 3.05) is 18.1 Å². The first-order valence-electron chi connectivity index (χ1n) is 9.64. The molecule has 1 saturated heterocycles. The smallest absolute Gasteiger partial charge is 0.329 e. The number of fused-ring (bicyclic) bond motifs is 1. The third-order valence-electron chi connectivity index (χ3n) is 4.87. The highest BCUT2D eigenvalue weighted by molar-refractivity contribution is 7.91. The van der Waals surface area contributed by atoms with Gasteiger partial charge in [0.05, 0.1) is 29.0 Å². The zero-order valence-electron chi connectivity index (χ0n) is 16.3. The van der Waals surface area contributed by atoms with E-state index in [-0.39, 0.29) is 30.2 Å². The number of carbonyl (C=O) groups excluding carboxylic acids is 2. The number of nitrogens with one attached hydrogen (secondary N) is 1. The van der Waals surface area contributed by atoms with Crippen molar-refractivity contribution in [1.82, 2.24) is 14.5 Å². The van der Waals surface area contributed by atoms with Crippen LogP contribution >= 0.6 is 0 Å². The van der Waals surface area contributed by atoms with E-state index in [1.807, 2.05) is 31.2 Å². The number of amides is 1. The molecule has 0 unspecified atom stereocenters. The second-order valence-electron chi connectivity index (χ2n) is 7.15. The Morgan fingerprint density at radius 3 is 2.41 bits per heavy atom. The van der Waals surface area contributed by atoms with Crippen LogP contribution in [0, 0.1) is 0 Å². The largest absolute Gasteiger partial charge is 0.456 e. The maximum Gasteiger partial charge on any atom is 0.329 e. The number of rotatable bonds is 8. The SMILES string of the molecule is CCCn1c(=O)n(CCC(=O)OCC(=O)N[C@@H]2CCS(=O)(=O)C2)c2ccccc21. The fraction of sp³-hybridized carbons (Fsp3) is 0.526. The van der Waals surface area contributed by atoms with Gasteiger partial charge in [-0.3, -0.25) is 18.7 Å². The molecule has 0 radical (unpaired) electrons. The Morgan fingerprint density at radius 2 is 1.83 bits per heavy atom. The lowest BCUT2D eigenvalue weighted by Crippen LogP contribution is -2.38. The number of benzene rings is 1. The molecule has 9 nitrogen and oxygen atoms in total. The molecule has 0 aliphatic carbocycles. The number of hydrogen-bond acceptors (Lipinski definition) is 6. The Bertz CT molecular complexity index is 1070. The average Bonchev–Trinajstić information content (AvgIpc) is 3.15. The van der Waals surface area contributed by atoms with Crippen molar-refractivity contribution < 1.29 is 22.7 Å². The van der Waals surface area contributed by atoms with Gasteiger partial charge in [-0.05, 0) is 25.0 Å². The molecule has 1 aliphatic rings. The lowest BCUT2D eigenvalue weighted by atomic mass is 10.2. The Balaban J connectivity index is 1.54. The molecule has 2 heterocycles. The molecule has 1 aromatic carbocycles. The fourth-order valence-corrected chi connectivity index (χ4v) is 5.20. The third-order valence-corrected chi connectivity index (χ3v) is 6.64. The molecule has 10 heteroatoms. The molecule has 3 rings (SSSR count). The summed E-state index contributed by atoms with van der Waals surface area (Å²) in [6.45, 7) is 2.26. The van der Waals surface area contributed by atoms with Gasteiger partial charge in [0.2, 0.25) is 0 Å². The molecule has 0 spiro atoms. The number of aryl methyl sites for hydroxylation is 2. The zero-order valence-corrected chi connectivity index (χ0v) is 17.1. The molecular weight excluding hydrogens is 398 g/mol. The predicted octanol–water partition coefficient (Wildman–Crippen LogP) is 0.450. The molecule has 29 heavy (non-hydrogen) atoms. The van der Waals surface area contributed by atoms with Crippen LogP contribution in [-0.4, -0.2) is 53.6 Å². The van der Waals surface area contributed by atoms with Crippen molar-refractivity contribution in [2.24, 2.45) is 0 Å². The molecule has 1 N–H and O–H groups in total. The van der Waals surface area contributed by atoms with Crippen LogP contribution in [-0.2, 0) is 37.3 Å². The number of sulfone groups is 1. The van der Waals surface area contributed by atoms with Gasteiger partial charge in [-0.15, -0.1) is 0 Å². The summed E-state index contributed by atoms with van der Waals surface area (Å²) in [6.07, 6.45) is 1.13. The summed E-state index contributed by atoms with van der Waals surface area (Å²) in [5.41, 5.74) is 1.39. The standard InChI is InChI=1S/C19H25N3O6S/c1-2-9-21-15-5-3-4-6-16(15)22(19(21)25)10-7-18(24)28-12-17(23)20-14-8-11-29(26,27)13-14/h3-6,14H,2,7-13H2,1H3,(H,20,23)/t14-/m1/s1. The van der Waals surface area contributed by atoms with Crippen molar-refractivity contribution >= 4 is 32.7 Å². The second kappa shape index (κ2) is 8.81. The molecule has 2 aromatic rings. The first kappa shape index (κ1) is 21.1. The van der Waals surface area contributed by atoms with Gasteiger partial charge in [-0.2, -0.15) is 0 Å². The van der Waals surface area contributed by atoms with Gasteiger partial charge >= 0.3 is 11.7 Å². The molecule has 1 amide bonds. The molecule has 158 valence electrons. The van der Waals surface area contributed by atoms with E-state index in [1.165, 1.54) is 4.57 Å². The minimum Gasteiger partial charge on any atom is -0.456 e. The number of imidazole rings is 1. The number of aromatic nitrogens is 2. The van der Waals surface area contributed by atoms with E-state index in [4.69, 9.17) is 4.74 Å². The normalized spacial score (nSPS) is 18.0. The highest BCUT2D eigenvalue weighted by atomic mass is 32.2. The number of para-hydroxylation sites is 2. The lowest BCUT2D eigenvalue weighted by Gasteiger charge is -2.11. The number of esters is 1. The quantitative estimate of drug-likeness (QED) is 0.616. The Hall–Kier alpha value is -2.62. The molecule has 1 atom stereocenters. The minimum absolute atomic E-state index is 0.0505. The highest BCUT2D eigenvalue weighted by Gasteiger charge is 2.29. The first-order valence-corrected chi connectivity index (χ1v) is 11.5. The van der Waals surface area contributed by atoms with Gasteiger partial charge in [-0.25, -0.2) is 13.2 Å². The van der Waals surface area contributed by atoms with Gasteiger partial charge in [-0.1, -0.05) is 19.1 Å². The van der Waals surface area contributed by atoms with Crippen LogP contribution in [0.3, 0.4) is 0 Å². The summed E-state index contributed by atoms with van der Waals surface area (Å²) in [6, 6.07) is 6.96. The zero-order chi connectivity index (χ0) is 21.0. The second-order valence-corrected chi connectivity index (χ2v) is 9.38. The summed E-state index contributed by atoms with van der Waals surface area (Å²) < 4.78 is 31.0. The molecule has 1 aliphatic heterocycles. The summed E-state index contributed by atoms with van der Waals surface area (Å²) in [5.74, 6) is -1.16. The number of carbonyl (C=O) groups is 2. The van der Waals surface area contributed by atoms with Crippen molar-refractivity contribution in [3.05, 3.63) is 34.7 Å². The fourth-order valence-electron chi connectivity index (χ4n) is 3.53. The van der Waals surface area contributed by atoms with Crippen LogP contribution in [0.25, 0.3) is 11.0 Å². The van der Waals surface area contributed by atoms with Crippen LogP contribution in [0.1, 0.15) is 26.2 Å². The summed E-state index contributed by atoms with van der Waals surface area (Å²) in [5, 5.41) is 2.56. The van der Waals surface area contributed by atoms with Crippen LogP contribution in [0.5, 0.6) is 0 Å². The van der Waals surface area contributed by atoms with Crippen molar-refractivity contribution in [3.8, 4) is 0 Å². The van der Waals surface area contributed by atoms with E-state index in [2.05, 4.69) is 5.32 Å². The Labute approximate surface area is 168 Å². The topological polar surface area (TPSA) is 116 Å². The average molecular weight is 423 g/mol. The first-order chi connectivity index (χ1) is 13.8. The third kappa shape index (κ3) is 5.06. The maximum absolute atomic E-state index is 12.7. The minimum atomic E-state index is -3.09. The summed E-state index contributed by atoms with van der Waals surface area (Å²) in [7, 11) is -3.09. The highest BCUT2D eigenvalue weighted by Crippen LogP contribution is 2.14.